The number of ketones is 1. The summed E-state index contributed by atoms with van der Waals surface area (Å²) < 4.78 is 5.10. The Bertz CT molecular complexity index is 620. The molecule has 0 saturated heterocycles. The second kappa shape index (κ2) is 6.24. The summed E-state index contributed by atoms with van der Waals surface area (Å²) in [7, 11) is 1.57. The average molecular weight is 269 g/mol. The van der Waals surface area contributed by atoms with Crippen molar-refractivity contribution in [2.24, 2.45) is 0 Å². The fourth-order valence-corrected chi connectivity index (χ4v) is 2.19. The van der Waals surface area contributed by atoms with Crippen molar-refractivity contribution in [2.45, 2.75) is 19.8 Å². The van der Waals surface area contributed by atoms with E-state index in [2.05, 4.69) is 6.92 Å². The molecule has 0 radical (unpaired) electrons. The van der Waals surface area contributed by atoms with Gasteiger partial charge in [-0.15, -0.1) is 0 Å². The van der Waals surface area contributed by atoms with E-state index in [-0.39, 0.29) is 5.78 Å². The van der Waals surface area contributed by atoms with Crippen LogP contribution in [0.1, 0.15) is 34.8 Å². The molecular weight excluding hydrogens is 250 g/mol. The standard InChI is InChI=1S/C17H19NO2/c1-3-5-12-6-4-7-13(10-12)17(19)15-9-8-14(20-2)11-16(15)18/h4,6-11H,3,5,18H2,1-2H3. The number of nitrogen functional groups attached to an aromatic ring is 1. The van der Waals surface area contributed by atoms with Crippen molar-refractivity contribution in [3.8, 4) is 5.75 Å². The second-order valence-corrected chi connectivity index (χ2v) is 4.73. The average Bonchev–Trinajstić information content (AvgIpc) is 2.47. The maximum absolute atomic E-state index is 12.5. The van der Waals surface area contributed by atoms with Gasteiger partial charge in [0.1, 0.15) is 5.75 Å². The summed E-state index contributed by atoms with van der Waals surface area (Å²) in [5.41, 5.74) is 8.73. The zero-order chi connectivity index (χ0) is 14.5. The maximum atomic E-state index is 12.5. The summed E-state index contributed by atoms with van der Waals surface area (Å²) in [6.07, 6.45) is 2.03. The van der Waals surface area contributed by atoms with Gasteiger partial charge >= 0.3 is 0 Å². The van der Waals surface area contributed by atoms with E-state index in [1.807, 2.05) is 24.3 Å². The van der Waals surface area contributed by atoms with Crippen LogP contribution in [0.5, 0.6) is 5.75 Å². The van der Waals surface area contributed by atoms with Gasteiger partial charge in [-0.25, -0.2) is 0 Å². The fraction of sp³-hybridized carbons (Fsp3) is 0.235. The predicted octanol–water partition coefficient (Wildman–Crippen LogP) is 3.46. The normalized spacial score (nSPS) is 10.3. The van der Waals surface area contributed by atoms with Crippen molar-refractivity contribution in [3.05, 3.63) is 59.2 Å². The van der Waals surface area contributed by atoms with Gasteiger partial charge in [-0.1, -0.05) is 31.5 Å². The van der Waals surface area contributed by atoms with Gasteiger partial charge in [-0.05, 0) is 30.2 Å². The van der Waals surface area contributed by atoms with Crippen LogP contribution in [-0.2, 0) is 6.42 Å². The molecule has 0 amide bonds. The van der Waals surface area contributed by atoms with Crippen molar-refractivity contribution in [1.82, 2.24) is 0 Å². The van der Waals surface area contributed by atoms with Gasteiger partial charge in [0.05, 0.1) is 7.11 Å². The Balaban J connectivity index is 2.33. The molecule has 2 aromatic carbocycles. The Labute approximate surface area is 119 Å². The van der Waals surface area contributed by atoms with Gasteiger partial charge in [0.15, 0.2) is 5.78 Å². The highest BCUT2D eigenvalue weighted by Gasteiger charge is 2.13. The molecule has 0 bridgehead atoms. The quantitative estimate of drug-likeness (QED) is 0.668. The third-order valence-electron chi connectivity index (χ3n) is 3.23. The van der Waals surface area contributed by atoms with E-state index < -0.39 is 0 Å². The largest absolute Gasteiger partial charge is 0.497 e. The molecule has 2 N–H and O–H groups in total. The van der Waals surface area contributed by atoms with E-state index in [4.69, 9.17) is 10.5 Å². The Morgan fingerprint density at radius 2 is 2.00 bits per heavy atom. The molecule has 2 aromatic rings. The van der Waals surface area contributed by atoms with Crippen LogP contribution in [0, 0.1) is 0 Å². The molecule has 3 heteroatoms. The Kier molecular flexibility index (Phi) is 4.41. The van der Waals surface area contributed by atoms with Crippen LogP contribution in [0.25, 0.3) is 0 Å². The third kappa shape index (κ3) is 2.99. The molecule has 0 aromatic heterocycles. The molecule has 0 aliphatic heterocycles. The number of hydrogen-bond donors (Lipinski definition) is 1. The molecule has 0 unspecified atom stereocenters. The number of rotatable bonds is 5. The summed E-state index contributed by atoms with van der Waals surface area (Å²) in [5.74, 6) is 0.599. The minimum atomic E-state index is -0.0527. The first-order valence-corrected chi connectivity index (χ1v) is 6.73. The number of carbonyl (C=O) groups is 1. The minimum absolute atomic E-state index is 0.0527. The smallest absolute Gasteiger partial charge is 0.195 e. The number of hydrogen-bond acceptors (Lipinski definition) is 3. The van der Waals surface area contributed by atoms with Crippen molar-refractivity contribution in [1.29, 1.82) is 0 Å². The monoisotopic (exact) mass is 269 g/mol. The number of aryl methyl sites for hydroxylation is 1. The lowest BCUT2D eigenvalue weighted by Gasteiger charge is -2.08. The zero-order valence-corrected chi connectivity index (χ0v) is 11.8. The van der Waals surface area contributed by atoms with Crippen LogP contribution in [-0.4, -0.2) is 12.9 Å². The molecule has 0 saturated carbocycles. The molecule has 0 aliphatic carbocycles. The summed E-state index contributed by atoms with van der Waals surface area (Å²) in [6.45, 7) is 2.12. The van der Waals surface area contributed by atoms with Gasteiger partial charge in [0.25, 0.3) is 0 Å². The topological polar surface area (TPSA) is 52.3 Å². The maximum Gasteiger partial charge on any atom is 0.195 e. The molecule has 20 heavy (non-hydrogen) atoms. The van der Waals surface area contributed by atoms with E-state index in [9.17, 15) is 4.79 Å². The molecule has 0 atom stereocenters. The van der Waals surface area contributed by atoms with Gasteiger partial charge < -0.3 is 10.5 Å². The summed E-state index contributed by atoms with van der Waals surface area (Å²) in [4.78, 5) is 12.5. The fourth-order valence-electron chi connectivity index (χ4n) is 2.19. The number of ether oxygens (including phenoxy) is 1. The number of methoxy groups -OCH3 is 1. The SMILES string of the molecule is CCCc1cccc(C(=O)c2ccc(OC)cc2N)c1. The second-order valence-electron chi connectivity index (χ2n) is 4.73. The lowest BCUT2D eigenvalue weighted by molar-refractivity contribution is 0.103. The Morgan fingerprint density at radius 1 is 1.20 bits per heavy atom. The summed E-state index contributed by atoms with van der Waals surface area (Å²) in [6, 6.07) is 12.8. The van der Waals surface area contributed by atoms with E-state index in [0.29, 0.717) is 22.6 Å². The summed E-state index contributed by atoms with van der Waals surface area (Å²) >= 11 is 0. The highest BCUT2D eigenvalue weighted by molar-refractivity contribution is 6.12. The number of nitrogens with two attached hydrogens (primary N) is 1. The lowest BCUT2D eigenvalue weighted by Crippen LogP contribution is -2.06. The molecule has 3 nitrogen and oxygen atoms in total. The predicted molar refractivity (Wildman–Crippen MR) is 81.3 cm³/mol. The van der Waals surface area contributed by atoms with E-state index in [0.717, 1.165) is 12.8 Å². The van der Waals surface area contributed by atoms with Crippen LogP contribution in [0.4, 0.5) is 5.69 Å². The van der Waals surface area contributed by atoms with Gasteiger partial charge in [0, 0.05) is 22.9 Å². The Morgan fingerprint density at radius 3 is 2.65 bits per heavy atom. The van der Waals surface area contributed by atoms with Gasteiger partial charge in [-0.2, -0.15) is 0 Å². The van der Waals surface area contributed by atoms with E-state index in [1.165, 1.54) is 5.56 Å². The number of carbonyl (C=O) groups excluding carboxylic acids is 1. The lowest BCUT2D eigenvalue weighted by atomic mass is 9.98. The van der Waals surface area contributed by atoms with E-state index in [1.54, 1.807) is 25.3 Å². The van der Waals surface area contributed by atoms with Crippen LogP contribution < -0.4 is 10.5 Å². The molecule has 0 fully saturated rings. The van der Waals surface area contributed by atoms with Crippen LogP contribution >= 0.6 is 0 Å². The number of anilines is 1. The molecular formula is C17H19NO2. The molecule has 2 rings (SSSR count). The third-order valence-corrected chi connectivity index (χ3v) is 3.23. The number of benzene rings is 2. The minimum Gasteiger partial charge on any atom is -0.497 e. The first-order chi connectivity index (χ1) is 9.65. The van der Waals surface area contributed by atoms with Crippen LogP contribution in [0.2, 0.25) is 0 Å². The highest BCUT2D eigenvalue weighted by atomic mass is 16.5. The van der Waals surface area contributed by atoms with Crippen LogP contribution in [0.15, 0.2) is 42.5 Å². The first-order valence-electron chi connectivity index (χ1n) is 6.73. The van der Waals surface area contributed by atoms with E-state index >= 15 is 0 Å². The van der Waals surface area contributed by atoms with Crippen molar-refractivity contribution >= 4 is 11.5 Å². The zero-order valence-electron chi connectivity index (χ0n) is 11.8. The molecule has 0 aliphatic rings. The summed E-state index contributed by atoms with van der Waals surface area (Å²) in [5, 5.41) is 0. The van der Waals surface area contributed by atoms with Crippen molar-refractivity contribution in [3.63, 3.8) is 0 Å². The molecule has 104 valence electrons. The van der Waals surface area contributed by atoms with Crippen molar-refractivity contribution in [2.75, 3.05) is 12.8 Å². The van der Waals surface area contributed by atoms with Gasteiger partial charge in [-0.3, -0.25) is 4.79 Å². The van der Waals surface area contributed by atoms with Crippen molar-refractivity contribution < 1.29 is 9.53 Å². The highest BCUT2D eigenvalue weighted by Crippen LogP contribution is 2.22. The van der Waals surface area contributed by atoms with Crippen LogP contribution in [0.3, 0.4) is 0 Å². The first kappa shape index (κ1) is 14.1. The van der Waals surface area contributed by atoms with Gasteiger partial charge in [0.2, 0.25) is 0 Å². The molecule has 0 heterocycles. The Hall–Kier alpha value is -2.29. The molecule has 0 spiro atoms.